The summed E-state index contributed by atoms with van der Waals surface area (Å²) in [5, 5.41) is 0. The predicted octanol–water partition coefficient (Wildman–Crippen LogP) is 2.98. The van der Waals surface area contributed by atoms with Crippen LogP contribution in [-0.2, 0) is 12.4 Å². The van der Waals surface area contributed by atoms with Crippen molar-refractivity contribution in [3.05, 3.63) is 40.4 Å². The molecule has 0 aliphatic rings. The zero-order chi connectivity index (χ0) is 12.5. The largest absolute Gasteiger partial charge is 0.321 e. The van der Waals surface area contributed by atoms with Crippen molar-refractivity contribution >= 4 is 34.0 Å². The maximum Gasteiger partial charge on any atom is 0.125 e. The molecule has 0 saturated carbocycles. The first kappa shape index (κ1) is 11.6. The van der Waals surface area contributed by atoms with Crippen LogP contribution in [0.2, 0.25) is 0 Å². The van der Waals surface area contributed by atoms with Crippen LogP contribution < -0.4 is 0 Å². The number of aryl methyl sites for hydroxylation is 1. The SMILES string of the molecule is Cc1ncsc1Cn1c(CCl)nc2cnccc21. The summed E-state index contributed by atoms with van der Waals surface area (Å²) in [6, 6.07) is 1.97. The molecule has 6 heteroatoms. The number of thiazole rings is 1. The number of hydrogen-bond acceptors (Lipinski definition) is 4. The molecule has 0 aliphatic heterocycles. The van der Waals surface area contributed by atoms with Gasteiger partial charge in [-0.25, -0.2) is 9.97 Å². The van der Waals surface area contributed by atoms with Crippen LogP contribution in [-0.4, -0.2) is 19.5 Å². The highest BCUT2D eigenvalue weighted by atomic mass is 35.5. The van der Waals surface area contributed by atoms with Crippen LogP contribution >= 0.6 is 22.9 Å². The van der Waals surface area contributed by atoms with E-state index in [9.17, 15) is 0 Å². The zero-order valence-corrected chi connectivity index (χ0v) is 11.4. The normalized spacial score (nSPS) is 11.2. The summed E-state index contributed by atoms with van der Waals surface area (Å²) in [5.74, 6) is 1.26. The van der Waals surface area contributed by atoms with Gasteiger partial charge in [-0.15, -0.1) is 22.9 Å². The standard InChI is InChI=1S/C12H11ClN4S/c1-8-11(18-7-15-8)6-17-10-2-3-14-5-9(10)16-12(17)4-13/h2-3,5,7H,4,6H2,1H3. The maximum absolute atomic E-state index is 5.97. The molecule has 0 atom stereocenters. The van der Waals surface area contributed by atoms with Gasteiger partial charge in [-0.1, -0.05) is 0 Å². The van der Waals surface area contributed by atoms with E-state index in [1.807, 2.05) is 18.5 Å². The van der Waals surface area contributed by atoms with Gasteiger partial charge in [0.1, 0.15) is 11.3 Å². The molecule has 0 N–H and O–H groups in total. The number of hydrogen-bond donors (Lipinski definition) is 0. The Kier molecular flexibility index (Phi) is 3.01. The van der Waals surface area contributed by atoms with Gasteiger partial charge in [-0.05, 0) is 13.0 Å². The quantitative estimate of drug-likeness (QED) is 0.692. The lowest BCUT2D eigenvalue weighted by Gasteiger charge is -2.06. The van der Waals surface area contributed by atoms with E-state index in [-0.39, 0.29) is 0 Å². The molecule has 0 aromatic carbocycles. The van der Waals surface area contributed by atoms with Crippen molar-refractivity contribution in [1.82, 2.24) is 19.5 Å². The van der Waals surface area contributed by atoms with Crippen molar-refractivity contribution in [1.29, 1.82) is 0 Å². The molecule has 0 spiro atoms. The molecule has 0 aliphatic carbocycles. The van der Waals surface area contributed by atoms with E-state index < -0.39 is 0 Å². The molecule has 18 heavy (non-hydrogen) atoms. The Balaban J connectivity index is 2.12. The first-order chi connectivity index (χ1) is 8.79. The van der Waals surface area contributed by atoms with E-state index in [0.717, 1.165) is 29.1 Å². The van der Waals surface area contributed by atoms with E-state index in [0.29, 0.717) is 5.88 Å². The van der Waals surface area contributed by atoms with E-state index in [4.69, 9.17) is 11.6 Å². The van der Waals surface area contributed by atoms with Crippen LogP contribution in [0.15, 0.2) is 24.0 Å². The average Bonchev–Trinajstić information content (AvgIpc) is 2.95. The third-order valence-corrected chi connectivity index (χ3v) is 4.05. The van der Waals surface area contributed by atoms with Crippen molar-refractivity contribution < 1.29 is 0 Å². The van der Waals surface area contributed by atoms with Crippen molar-refractivity contribution in [3.8, 4) is 0 Å². The Morgan fingerprint density at radius 1 is 1.44 bits per heavy atom. The van der Waals surface area contributed by atoms with Crippen molar-refractivity contribution in [2.75, 3.05) is 0 Å². The number of alkyl halides is 1. The summed E-state index contributed by atoms with van der Waals surface area (Å²) in [6.07, 6.45) is 3.54. The van der Waals surface area contributed by atoms with Gasteiger partial charge in [0.2, 0.25) is 0 Å². The first-order valence-corrected chi connectivity index (χ1v) is 6.95. The highest BCUT2D eigenvalue weighted by Gasteiger charge is 2.12. The first-order valence-electron chi connectivity index (χ1n) is 5.53. The summed E-state index contributed by atoms with van der Waals surface area (Å²) < 4.78 is 2.13. The van der Waals surface area contributed by atoms with Crippen molar-refractivity contribution in [2.24, 2.45) is 0 Å². The summed E-state index contributed by atoms with van der Waals surface area (Å²) in [4.78, 5) is 14.1. The molecule has 0 unspecified atom stereocenters. The molecular formula is C12H11ClN4S. The molecule has 3 rings (SSSR count). The van der Waals surface area contributed by atoms with Crippen molar-refractivity contribution in [2.45, 2.75) is 19.3 Å². The van der Waals surface area contributed by atoms with Crippen LogP contribution in [0.5, 0.6) is 0 Å². The fourth-order valence-corrected chi connectivity index (χ4v) is 2.90. The molecule has 0 bridgehead atoms. The molecular weight excluding hydrogens is 268 g/mol. The average molecular weight is 279 g/mol. The smallest absolute Gasteiger partial charge is 0.125 e. The van der Waals surface area contributed by atoms with Gasteiger partial charge in [0.25, 0.3) is 0 Å². The second-order valence-electron chi connectivity index (χ2n) is 3.97. The number of nitrogens with zero attached hydrogens (tertiary/aromatic N) is 4. The maximum atomic E-state index is 5.97. The Morgan fingerprint density at radius 3 is 3.06 bits per heavy atom. The summed E-state index contributed by atoms with van der Waals surface area (Å²) >= 11 is 7.62. The van der Waals surface area contributed by atoms with E-state index in [1.165, 1.54) is 4.88 Å². The van der Waals surface area contributed by atoms with Gasteiger partial charge in [-0.3, -0.25) is 4.98 Å². The Bertz CT molecular complexity index is 688. The minimum atomic E-state index is 0.395. The zero-order valence-electron chi connectivity index (χ0n) is 9.80. The highest BCUT2D eigenvalue weighted by Crippen LogP contribution is 2.21. The summed E-state index contributed by atoms with van der Waals surface area (Å²) in [6.45, 7) is 2.78. The number of pyridine rings is 1. The number of halogens is 1. The highest BCUT2D eigenvalue weighted by molar-refractivity contribution is 7.09. The molecule has 0 amide bonds. The monoisotopic (exact) mass is 278 g/mol. The predicted molar refractivity (Wildman–Crippen MR) is 73.0 cm³/mol. The molecule has 3 aromatic rings. The van der Waals surface area contributed by atoms with Crippen LogP contribution in [0.3, 0.4) is 0 Å². The number of rotatable bonds is 3. The molecule has 3 heterocycles. The lowest BCUT2D eigenvalue weighted by Crippen LogP contribution is -2.03. The Hall–Kier alpha value is -1.46. The molecule has 0 radical (unpaired) electrons. The van der Waals surface area contributed by atoms with Gasteiger partial charge >= 0.3 is 0 Å². The Morgan fingerprint density at radius 2 is 2.33 bits per heavy atom. The second-order valence-corrected chi connectivity index (χ2v) is 5.18. The molecule has 0 saturated heterocycles. The third-order valence-electron chi connectivity index (χ3n) is 2.90. The van der Waals surface area contributed by atoms with Crippen molar-refractivity contribution in [3.63, 3.8) is 0 Å². The minimum absolute atomic E-state index is 0.395. The minimum Gasteiger partial charge on any atom is -0.321 e. The van der Waals surface area contributed by atoms with Crippen LogP contribution in [0, 0.1) is 6.92 Å². The van der Waals surface area contributed by atoms with Gasteiger partial charge in [0, 0.05) is 11.1 Å². The second kappa shape index (κ2) is 4.66. The summed E-state index contributed by atoms with van der Waals surface area (Å²) in [5.41, 5.74) is 4.88. The van der Waals surface area contributed by atoms with Gasteiger partial charge in [0.05, 0.1) is 35.3 Å². The molecule has 4 nitrogen and oxygen atoms in total. The molecule has 0 fully saturated rings. The van der Waals surface area contributed by atoms with E-state index in [2.05, 4.69) is 19.5 Å². The lowest BCUT2D eigenvalue weighted by molar-refractivity contribution is 0.783. The number of imidazole rings is 1. The molecule has 3 aromatic heterocycles. The number of fused-ring (bicyclic) bond motifs is 1. The molecule has 92 valence electrons. The van der Waals surface area contributed by atoms with Crippen LogP contribution in [0.25, 0.3) is 11.0 Å². The van der Waals surface area contributed by atoms with Gasteiger partial charge in [-0.2, -0.15) is 0 Å². The van der Waals surface area contributed by atoms with E-state index in [1.54, 1.807) is 23.7 Å². The van der Waals surface area contributed by atoms with Gasteiger partial charge < -0.3 is 4.57 Å². The number of aromatic nitrogens is 4. The lowest BCUT2D eigenvalue weighted by atomic mass is 10.3. The third kappa shape index (κ3) is 1.89. The van der Waals surface area contributed by atoms with Crippen LogP contribution in [0.1, 0.15) is 16.4 Å². The summed E-state index contributed by atoms with van der Waals surface area (Å²) in [7, 11) is 0. The Labute approximate surface area is 113 Å². The fourth-order valence-electron chi connectivity index (χ4n) is 1.93. The van der Waals surface area contributed by atoms with E-state index >= 15 is 0 Å². The fraction of sp³-hybridized carbons (Fsp3) is 0.250. The van der Waals surface area contributed by atoms with Crippen LogP contribution in [0.4, 0.5) is 0 Å². The van der Waals surface area contributed by atoms with Gasteiger partial charge in [0.15, 0.2) is 0 Å². The topological polar surface area (TPSA) is 43.6 Å².